The van der Waals surface area contributed by atoms with Gasteiger partial charge in [-0.15, -0.1) is 0 Å². The number of hydrogen-bond acceptors (Lipinski definition) is 8. The number of hydrogen-bond donors (Lipinski definition) is 2. The number of ether oxygens (including phenoxy) is 4. The van der Waals surface area contributed by atoms with Crippen molar-refractivity contribution in [1.29, 1.82) is 0 Å². The van der Waals surface area contributed by atoms with Gasteiger partial charge in [-0.3, -0.25) is 19.7 Å². The average molecular weight is 431 g/mol. The van der Waals surface area contributed by atoms with Gasteiger partial charge in [0.1, 0.15) is 17.9 Å². The maximum Gasteiger partial charge on any atom is 0.286 e. The highest BCUT2D eigenvalue weighted by atomic mass is 16.6. The van der Waals surface area contributed by atoms with Crippen LogP contribution in [0.25, 0.3) is 0 Å². The Bertz CT molecular complexity index is 1020. The third-order valence-corrected chi connectivity index (χ3v) is 4.44. The Kier molecular flexibility index (Phi) is 6.55. The first kappa shape index (κ1) is 21.8. The van der Waals surface area contributed by atoms with Crippen LogP contribution in [0.1, 0.15) is 17.3 Å². The average Bonchev–Trinajstić information content (AvgIpc) is 2.74. The zero-order chi connectivity index (χ0) is 22.5. The van der Waals surface area contributed by atoms with E-state index in [4.69, 9.17) is 18.9 Å². The van der Waals surface area contributed by atoms with E-state index in [1.54, 1.807) is 19.1 Å². The molecule has 2 aromatic carbocycles. The molecule has 1 atom stereocenters. The first-order valence-corrected chi connectivity index (χ1v) is 9.25. The fourth-order valence-corrected chi connectivity index (χ4v) is 2.87. The molecule has 1 unspecified atom stereocenters. The van der Waals surface area contributed by atoms with Gasteiger partial charge in [0.2, 0.25) is 0 Å². The summed E-state index contributed by atoms with van der Waals surface area (Å²) in [6.45, 7) is 2.04. The van der Waals surface area contributed by atoms with Crippen LogP contribution in [0.2, 0.25) is 0 Å². The summed E-state index contributed by atoms with van der Waals surface area (Å²) in [5.41, 5.74) is 0.0347. The normalized spacial score (nSPS) is 14.7. The van der Waals surface area contributed by atoms with Crippen LogP contribution < -0.4 is 24.8 Å². The van der Waals surface area contributed by atoms with Crippen LogP contribution in [0.4, 0.5) is 17.1 Å². The van der Waals surface area contributed by atoms with Gasteiger partial charge in [-0.05, 0) is 25.1 Å². The molecule has 164 valence electrons. The lowest BCUT2D eigenvalue weighted by atomic mass is 10.1. The Morgan fingerprint density at radius 3 is 2.68 bits per heavy atom. The fraction of sp³-hybridized carbons (Fsp3) is 0.300. The molecule has 3 rings (SSSR count). The number of carbonyl (C=O) groups excluding carboxylic acids is 2. The number of methoxy groups -OCH3 is 2. The lowest BCUT2D eigenvalue weighted by molar-refractivity contribution is -0.385. The molecule has 1 heterocycles. The first-order valence-electron chi connectivity index (χ1n) is 9.25. The standard InChI is InChI=1S/C20H21N3O8/c1-11-19(24)22-14-8-12(4-5-16(14)31-11)21-20(25)13-9-17(29-3)18(30-7-6-28-2)10-15(13)23(26)27/h4-5,8-11H,6-7H2,1-3H3,(H,21,25)(H,22,24). The lowest BCUT2D eigenvalue weighted by Gasteiger charge is -2.23. The van der Waals surface area contributed by atoms with Gasteiger partial charge >= 0.3 is 0 Å². The SMILES string of the molecule is COCCOc1cc([N+](=O)[O-])c(C(=O)Nc2ccc3c(c2)NC(=O)C(C)O3)cc1OC. The van der Waals surface area contributed by atoms with Crippen molar-refractivity contribution in [2.45, 2.75) is 13.0 Å². The monoisotopic (exact) mass is 431 g/mol. The van der Waals surface area contributed by atoms with Crippen LogP contribution in [0.3, 0.4) is 0 Å². The van der Waals surface area contributed by atoms with Gasteiger partial charge in [0.05, 0.1) is 30.4 Å². The molecule has 2 N–H and O–H groups in total. The van der Waals surface area contributed by atoms with Crippen molar-refractivity contribution >= 4 is 28.9 Å². The highest BCUT2D eigenvalue weighted by Gasteiger charge is 2.26. The Hall–Kier alpha value is -3.86. The number of nitrogens with zero attached hydrogens (tertiary/aromatic N) is 1. The van der Waals surface area contributed by atoms with Crippen LogP contribution in [0.5, 0.6) is 17.2 Å². The van der Waals surface area contributed by atoms with Crippen LogP contribution >= 0.6 is 0 Å². The zero-order valence-corrected chi connectivity index (χ0v) is 17.1. The van der Waals surface area contributed by atoms with Crippen molar-refractivity contribution in [3.05, 3.63) is 46.0 Å². The van der Waals surface area contributed by atoms with E-state index in [9.17, 15) is 19.7 Å². The topological polar surface area (TPSA) is 138 Å². The highest BCUT2D eigenvalue weighted by molar-refractivity contribution is 6.08. The predicted octanol–water partition coefficient (Wildman–Crippen LogP) is 2.60. The summed E-state index contributed by atoms with van der Waals surface area (Å²) in [4.78, 5) is 35.5. The van der Waals surface area contributed by atoms with Crippen molar-refractivity contribution in [1.82, 2.24) is 0 Å². The minimum Gasteiger partial charge on any atom is -0.493 e. The molecule has 2 aromatic rings. The van der Waals surface area contributed by atoms with E-state index in [2.05, 4.69) is 10.6 Å². The maximum absolute atomic E-state index is 12.8. The Morgan fingerprint density at radius 2 is 2.00 bits per heavy atom. The molecule has 0 saturated carbocycles. The van der Waals surface area contributed by atoms with Crippen molar-refractivity contribution in [2.24, 2.45) is 0 Å². The van der Waals surface area contributed by atoms with Gasteiger partial charge in [0.25, 0.3) is 17.5 Å². The Balaban J connectivity index is 1.88. The third-order valence-electron chi connectivity index (χ3n) is 4.44. The quantitative estimate of drug-likeness (QED) is 0.369. The maximum atomic E-state index is 12.8. The number of carbonyl (C=O) groups is 2. The van der Waals surface area contributed by atoms with Gasteiger partial charge in [0.15, 0.2) is 17.6 Å². The summed E-state index contributed by atoms with van der Waals surface area (Å²) in [5, 5.41) is 16.8. The summed E-state index contributed by atoms with van der Waals surface area (Å²) in [5.74, 6) is -0.321. The molecule has 0 radical (unpaired) electrons. The number of rotatable bonds is 8. The Morgan fingerprint density at radius 1 is 1.23 bits per heavy atom. The number of fused-ring (bicyclic) bond motifs is 1. The fourth-order valence-electron chi connectivity index (χ4n) is 2.87. The van der Waals surface area contributed by atoms with Crippen LogP contribution in [0, 0.1) is 10.1 Å². The second kappa shape index (κ2) is 9.30. The first-order chi connectivity index (χ1) is 14.8. The summed E-state index contributed by atoms with van der Waals surface area (Å²) in [6.07, 6.45) is -0.632. The molecule has 2 amide bonds. The largest absolute Gasteiger partial charge is 0.493 e. The molecule has 0 aromatic heterocycles. The van der Waals surface area contributed by atoms with E-state index < -0.39 is 22.6 Å². The van der Waals surface area contributed by atoms with E-state index >= 15 is 0 Å². The third kappa shape index (κ3) is 4.83. The molecule has 11 heteroatoms. The highest BCUT2D eigenvalue weighted by Crippen LogP contribution is 2.36. The molecule has 0 bridgehead atoms. The summed E-state index contributed by atoms with van der Waals surface area (Å²) >= 11 is 0. The second-order valence-electron chi connectivity index (χ2n) is 6.53. The van der Waals surface area contributed by atoms with Crippen LogP contribution in [-0.2, 0) is 9.53 Å². The molecule has 11 nitrogen and oxygen atoms in total. The summed E-state index contributed by atoms with van der Waals surface area (Å²) < 4.78 is 21.0. The molecule has 0 fully saturated rings. The van der Waals surface area contributed by atoms with Gasteiger partial charge in [-0.2, -0.15) is 0 Å². The predicted molar refractivity (Wildman–Crippen MR) is 110 cm³/mol. The van der Waals surface area contributed by atoms with E-state index in [1.807, 2.05) is 0 Å². The minimum absolute atomic E-state index is 0.116. The lowest BCUT2D eigenvalue weighted by Crippen LogP contribution is -2.34. The molecule has 0 saturated heterocycles. The van der Waals surface area contributed by atoms with Gasteiger partial charge < -0.3 is 29.6 Å². The number of nitrogens with one attached hydrogen (secondary N) is 2. The molecule has 1 aliphatic heterocycles. The Labute approximate surface area is 177 Å². The number of nitro benzene ring substituents is 1. The van der Waals surface area contributed by atoms with E-state index in [-0.39, 0.29) is 36.2 Å². The van der Waals surface area contributed by atoms with Crippen LogP contribution in [0.15, 0.2) is 30.3 Å². The number of anilines is 2. The van der Waals surface area contributed by atoms with Gasteiger partial charge in [0, 0.05) is 18.9 Å². The number of nitro groups is 1. The molecular weight excluding hydrogens is 410 g/mol. The van der Waals surface area contributed by atoms with Gasteiger partial charge in [-0.25, -0.2) is 0 Å². The summed E-state index contributed by atoms with van der Waals surface area (Å²) in [6, 6.07) is 7.02. The van der Waals surface area contributed by atoms with Crippen molar-refractivity contribution in [2.75, 3.05) is 38.1 Å². The smallest absolute Gasteiger partial charge is 0.286 e. The minimum atomic E-state index is -0.732. The van der Waals surface area contributed by atoms with Crippen molar-refractivity contribution in [3.63, 3.8) is 0 Å². The molecule has 31 heavy (non-hydrogen) atoms. The summed E-state index contributed by atoms with van der Waals surface area (Å²) in [7, 11) is 2.86. The number of amides is 2. The van der Waals surface area contributed by atoms with E-state index in [0.717, 1.165) is 6.07 Å². The van der Waals surface area contributed by atoms with Crippen LogP contribution in [-0.4, -0.2) is 50.3 Å². The number of benzene rings is 2. The second-order valence-corrected chi connectivity index (χ2v) is 6.53. The van der Waals surface area contributed by atoms with E-state index in [1.165, 1.54) is 26.4 Å². The van der Waals surface area contributed by atoms with Crippen molar-refractivity contribution < 1.29 is 33.5 Å². The molecule has 0 aliphatic carbocycles. The molecular formula is C20H21N3O8. The van der Waals surface area contributed by atoms with Gasteiger partial charge in [-0.1, -0.05) is 0 Å². The molecule has 0 spiro atoms. The van der Waals surface area contributed by atoms with E-state index in [0.29, 0.717) is 17.1 Å². The molecule has 1 aliphatic rings. The zero-order valence-electron chi connectivity index (χ0n) is 17.1. The van der Waals surface area contributed by atoms with Crippen molar-refractivity contribution in [3.8, 4) is 17.2 Å².